The number of ketones is 1. The van der Waals surface area contributed by atoms with Crippen molar-refractivity contribution in [3.05, 3.63) is 71.9 Å². The van der Waals surface area contributed by atoms with E-state index in [4.69, 9.17) is 4.74 Å². The molecule has 25 heavy (non-hydrogen) atoms. The lowest BCUT2D eigenvalue weighted by Crippen LogP contribution is -2.34. The second-order valence-electron chi connectivity index (χ2n) is 6.50. The molecule has 2 N–H and O–H groups in total. The maximum atomic E-state index is 13.3. The SMILES string of the molecule is O=C(c1c[nH]c2ccccc12)[C@H](NC[C@H]1CCCO1)c1ccccc1. The standard InChI is InChI=1S/C21H22N2O2/c24-21(18-14-22-19-11-5-4-10-17(18)19)20(15-7-2-1-3-8-15)23-13-16-9-6-12-25-16/h1-5,7-8,10-11,14,16,20,22-23H,6,9,12-13H2/t16-,20-/m1/s1. The van der Waals surface area contributed by atoms with E-state index in [-0.39, 0.29) is 17.9 Å². The third-order valence-electron chi connectivity index (χ3n) is 4.82. The third-order valence-corrected chi connectivity index (χ3v) is 4.82. The number of Topliss-reactive ketones (excluding diaryl/α,β-unsaturated/α-hetero) is 1. The molecule has 0 bridgehead atoms. The predicted octanol–water partition coefficient (Wildman–Crippen LogP) is 3.86. The molecule has 1 aromatic heterocycles. The Kier molecular flexibility index (Phi) is 4.63. The van der Waals surface area contributed by atoms with E-state index < -0.39 is 0 Å². The van der Waals surface area contributed by atoms with E-state index in [1.807, 2.05) is 60.8 Å². The number of fused-ring (bicyclic) bond motifs is 1. The zero-order chi connectivity index (χ0) is 17.1. The van der Waals surface area contributed by atoms with Crippen LogP contribution in [0, 0.1) is 0 Å². The van der Waals surface area contributed by atoms with Crippen LogP contribution < -0.4 is 5.32 Å². The summed E-state index contributed by atoms with van der Waals surface area (Å²) in [6, 6.07) is 17.4. The van der Waals surface area contributed by atoms with Crippen LogP contribution in [0.15, 0.2) is 60.8 Å². The monoisotopic (exact) mass is 334 g/mol. The van der Waals surface area contributed by atoms with Gasteiger partial charge in [0.2, 0.25) is 0 Å². The average Bonchev–Trinajstić information content (AvgIpc) is 3.32. The Hall–Kier alpha value is -2.43. The van der Waals surface area contributed by atoms with Crippen molar-refractivity contribution in [3.63, 3.8) is 0 Å². The Morgan fingerprint density at radius 1 is 1.16 bits per heavy atom. The Labute approximate surface area is 147 Å². The van der Waals surface area contributed by atoms with Crippen molar-refractivity contribution >= 4 is 16.7 Å². The molecule has 0 spiro atoms. The maximum absolute atomic E-state index is 13.3. The molecule has 0 aliphatic carbocycles. The molecule has 2 heterocycles. The molecular formula is C21H22N2O2. The van der Waals surface area contributed by atoms with Gasteiger partial charge in [-0.25, -0.2) is 0 Å². The molecule has 0 saturated carbocycles. The Bertz CT molecular complexity index is 850. The highest BCUT2D eigenvalue weighted by Gasteiger charge is 2.26. The molecule has 0 amide bonds. The highest BCUT2D eigenvalue weighted by Crippen LogP contribution is 2.25. The fraction of sp³-hybridized carbons (Fsp3) is 0.286. The second-order valence-corrected chi connectivity index (χ2v) is 6.50. The van der Waals surface area contributed by atoms with E-state index in [2.05, 4.69) is 10.3 Å². The molecule has 1 aliphatic rings. The summed E-state index contributed by atoms with van der Waals surface area (Å²) in [5.41, 5.74) is 2.69. The van der Waals surface area contributed by atoms with Gasteiger partial charge in [0.05, 0.1) is 12.1 Å². The molecule has 2 atom stereocenters. The van der Waals surface area contributed by atoms with Crippen molar-refractivity contribution in [2.45, 2.75) is 25.0 Å². The zero-order valence-electron chi connectivity index (χ0n) is 14.1. The van der Waals surface area contributed by atoms with Gasteiger partial charge in [0, 0.05) is 35.8 Å². The maximum Gasteiger partial charge on any atom is 0.186 e. The number of aromatic amines is 1. The minimum absolute atomic E-state index is 0.0849. The van der Waals surface area contributed by atoms with E-state index in [1.165, 1.54) is 0 Å². The van der Waals surface area contributed by atoms with Crippen molar-refractivity contribution in [1.29, 1.82) is 0 Å². The fourth-order valence-electron chi connectivity index (χ4n) is 3.49. The number of hydrogen-bond donors (Lipinski definition) is 2. The van der Waals surface area contributed by atoms with Gasteiger partial charge in [-0.3, -0.25) is 4.79 Å². The highest BCUT2D eigenvalue weighted by atomic mass is 16.5. The van der Waals surface area contributed by atoms with Crippen LogP contribution in [0.2, 0.25) is 0 Å². The Morgan fingerprint density at radius 3 is 2.76 bits per heavy atom. The molecular weight excluding hydrogens is 312 g/mol. The smallest absolute Gasteiger partial charge is 0.186 e. The first-order chi connectivity index (χ1) is 12.3. The minimum Gasteiger partial charge on any atom is -0.377 e. The first-order valence-electron chi connectivity index (χ1n) is 8.83. The van der Waals surface area contributed by atoms with E-state index in [9.17, 15) is 4.79 Å². The van der Waals surface area contributed by atoms with Crippen LogP contribution in [-0.2, 0) is 4.74 Å². The summed E-state index contributed by atoms with van der Waals surface area (Å²) < 4.78 is 5.70. The van der Waals surface area contributed by atoms with Crippen LogP contribution in [-0.4, -0.2) is 30.0 Å². The summed E-state index contributed by atoms with van der Waals surface area (Å²) in [7, 11) is 0. The third kappa shape index (κ3) is 3.36. The second kappa shape index (κ2) is 7.21. The number of benzene rings is 2. The molecule has 128 valence electrons. The highest BCUT2D eigenvalue weighted by molar-refractivity contribution is 6.10. The van der Waals surface area contributed by atoms with Gasteiger partial charge in [0.1, 0.15) is 0 Å². The lowest BCUT2D eigenvalue weighted by molar-refractivity contribution is 0.0893. The number of carbonyl (C=O) groups is 1. The summed E-state index contributed by atoms with van der Waals surface area (Å²) >= 11 is 0. The predicted molar refractivity (Wildman–Crippen MR) is 98.8 cm³/mol. The van der Waals surface area contributed by atoms with Gasteiger partial charge in [-0.1, -0.05) is 48.5 Å². The van der Waals surface area contributed by atoms with Gasteiger partial charge in [-0.2, -0.15) is 0 Å². The molecule has 1 fully saturated rings. The first-order valence-corrected chi connectivity index (χ1v) is 8.83. The zero-order valence-corrected chi connectivity index (χ0v) is 14.1. The molecule has 4 heteroatoms. The number of ether oxygens (including phenoxy) is 1. The topological polar surface area (TPSA) is 54.1 Å². The Morgan fingerprint density at radius 2 is 1.96 bits per heavy atom. The van der Waals surface area contributed by atoms with Crippen LogP contribution in [0.4, 0.5) is 0 Å². The molecule has 4 nitrogen and oxygen atoms in total. The van der Waals surface area contributed by atoms with Crippen LogP contribution in [0.25, 0.3) is 10.9 Å². The van der Waals surface area contributed by atoms with Gasteiger partial charge >= 0.3 is 0 Å². The van der Waals surface area contributed by atoms with Crippen molar-refractivity contribution in [2.24, 2.45) is 0 Å². The Balaban J connectivity index is 1.63. The molecule has 1 saturated heterocycles. The summed E-state index contributed by atoms with van der Waals surface area (Å²) in [4.78, 5) is 16.5. The molecule has 0 radical (unpaired) electrons. The largest absolute Gasteiger partial charge is 0.377 e. The number of hydrogen-bond acceptors (Lipinski definition) is 3. The van der Waals surface area contributed by atoms with Crippen LogP contribution in [0.3, 0.4) is 0 Å². The summed E-state index contributed by atoms with van der Waals surface area (Å²) in [6.45, 7) is 1.51. The lowest BCUT2D eigenvalue weighted by Gasteiger charge is -2.20. The van der Waals surface area contributed by atoms with Gasteiger partial charge in [-0.05, 0) is 24.5 Å². The number of H-pyrrole nitrogens is 1. The number of para-hydroxylation sites is 1. The molecule has 2 aromatic carbocycles. The van der Waals surface area contributed by atoms with E-state index in [1.54, 1.807) is 0 Å². The number of nitrogens with one attached hydrogen (secondary N) is 2. The normalized spacial score (nSPS) is 18.5. The van der Waals surface area contributed by atoms with Crippen LogP contribution in [0.1, 0.15) is 34.8 Å². The number of aromatic nitrogens is 1. The summed E-state index contributed by atoms with van der Waals surface area (Å²) in [5, 5.41) is 4.41. The van der Waals surface area contributed by atoms with Crippen LogP contribution >= 0.6 is 0 Å². The van der Waals surface area contributed by atoms with Gasteiger partial charge in [0.15, 0.2) is 5.78 Å². The quantitative estimate of drug-likeness (QED) is 0.673. The van der Waals surface area contributed by atoms with E-state index >= 15 is 0 Å². The summed E-state index contributed by atoms with van der Waals surface area (Å²) in [6.07, 6.45) is 4.16. The molecule has 0 unspecified atom stereocenters. The lowest BCUT2D eigenvalue weighted by atomic mass is 9.96. The number of rotatable bonds is 6. The van der Waals surface area contributed by atoms with Crippen molar-refractivity contribution < 1.29 is 9.53 Å². The first kappa shape index (κ1) is 16.1. The fourth-order valence-corrected chi connectivity index (χ4v) is 3.49. The average molecular weight is 334 g/mol. The molecule has 4 rings (SSSR count). The molecule has 3 aromatic rings. The van der Waals surface area contributed by atoms with Crippen molar-refractivity contribution in [1.82, 2.24) is 10.3 Å². The summed E-state index contributed by atoms with van der Waals surface area (Å²) in [5.74, 6) is 0.0849. The molecule has 1 aliphatic heterocycles. The van der Waals surface area contributed by atoms with Gasteiger partial charge < -0.3 is 15.0 Å². The van der Waals surface area contributed by atoms with Gasteiger partial charge in [0.25, 0.3) is 0 Å². The van der Waals surface area contributed by atoms with E-state index in [0.29, 0.717) is 6.54 Å². The van der Waals surface area contributed by atoms with E-state index in [0.717, 1.165) is 41.5 Å². The number of carbonyl (C=O) groups excluding carboxylic acids is 1. The van der Waals surface area contributed by atoms with Crippen molar-refractivity contribution in [3.8, 4) is 0 Å². The van der Waals surface area contributed by atoms with Gasteiger partial charge in [-0.15, -0.1) is 0 Å². The minimum atomic E-state index is -0.371. The van der Waals surface area contributed by atoms with Crippen molar-refractivity contribution in [2.75, 3.05) is 13.2 Å². The van der Waals surface area contributed by atoms with Crippen LogP contribution in [0.5, 0.6) is 0 Å².